The molecule has 0 spiro atoms. The van der Waals surface area contributed by atoms with Gasteiger partial charge in [0.15, 0.2) is 0 Å². The molecule has 1 aromatic heterocycles. The number of aryl methyl sites for hydroxylation is 1. The maximum atomic E-state index is 12.5. The first kappa shape index (κ1) is 20.9. The highest BCUT2D eigenvalue weighted by molar-refractivity contribution is 6.33. The minimum atomic E-state index is -0.467. The Balaban J connectivity index is 1.59. The summed E-state index contributed by atoms with van der Waals surface area (Å²) < 4.78 is 1.19. The number of nitrogens with zero attached hydrogens (tertiary/aromatic N) is 2. The molecule has 1 heterocycles. The van der Waals surface area contributed by atoms with E-state index in [2.05, 4.69) is 15.7 Å². The Morgan fingerprint density at radius 3 is 2.62 bits per heavy atom. The molecule has 0 aliphatic carbocycles. The Labute approximate surface area is 178 Å². The number of halogens is 2. The molecule has 29 heavy (non-hydrogen) atoms. The van der Waals surface area contributed by atoms with E-state index in [4.69, 9.17) is 23.2 Å². The summed E-state index contributed by atoms with van der Waals surface area (Å²) in [7, 11) is 0. The van der Waals surface area contributed by atoms with Gasteiger partial charge in [-0.25, -0.2) is 0 Å². The molecule has 0 aliphatic heterocycles. The van der Waals surface area contributed by atoms with Crippen LogP contribution in [0.5, 0.6) is 0 Å². The highest BCUT2D eigenvalue weighted by Gasteiger charge is 2.12. The van der Waals surface area contributed by atoms with Gasteiger partial charge in [-0.2, -0.15) is 9.78 Å². The summed E-state index contributed by atoms with van der Waals surface area (Å²) in [5.41, 5.74) is 2.37. The highest BCUT2D eigenvalue weighted by Crippen LogP contribution is 2.20. The van der Waals surface area contributed by atoms with Crippen LogP contribution < -0.4 is 16.2 Å². The van der Waals surface area contributed by atoms with E-state index in [1.165, 1.54) is 10.9 Å². The van der Waals surface area contributed by atoms with Gasteiger partial charge in [0.25, 0.3) is 5.56 Å². The molecule has 1 amide bonds. The average molecular weight is 431 g/mol. The molecule has 0 saturated heterocycles. The monoisotopic (exact) mass is 430 g/mol. The third kappa shape index (κ3) is 5.37. The van der Waals surface area contributed by atoms with Crippen LogP contribution in [0.15, 0.2) is 59.5 Å². The molecule has 3 aromatic rings. The third-order valence-corrected chi connectivity index (χ3v) is 5.09. The van der Waals surface area contributed by atoms with Crippen molar-refractivity contribution in [3.8, 4) is 5.69 Å². The van der Waals surface area contributed by atoms with Gasteiger partial charge in [0.2, 0.25) is 5.91 Å². The number of benzene rings is 2. The lowest BCUT2D eigenvalue weighted by molar-refractivity contribution is -0.121. The minimum Gasteiger partial charge on any atom is -0.382 e. The standard InChI is InChI=1S/C21H20Cl2N4O2/c1-14-7-8-16(11-17(14)22)27-21(29)20(23)18(13-26-27)24-10-9-19(28)25-12-15-5-3-2-4-6-15/h2-8,11,13,24H,9-10,12H2,1H3,(H,25,28). The molecule has 0 unspecified atom stereocenters. The summed E-state index contributed by atoms with van der Waals surface area (Å²) in [5.74, 6) is -0.104. The van der Waals surface area contributed by atoms with E-state index >= 15 is 0 Å². The summed E-state index contributed by atoms with van der Waals surface area (Å²) in [5, 5.41) is 10.5. The normalized spacial score (nSPS) is 10.6. The lowest BCUT2D eigenvalue weighted by Crippen LogP contribution is -2.26. The Morgan fingerprint density at radius 2 is 1.90 bits per heavy atom. The lowest BCUT2D eigenvalue weighted by atomic mass is 10.2. The van der Waals surface area contributed by atoms with Crippen LogP contribution in [0.3, 0.4) is 0 Å². The first-order chi connectivity index (χ1) is 14.0. The van der Waals surface area contributed by atoms with Crippen molar-refractivity contribution in [3.63, 3.8) is 0 Å². The lowest BCUT2D eigenvalue weighted by Gasteiger charge is -2.11. The maximum Gasteiger partial charge on any atom is 0.292 e. The molecule has 6 nitrogen and oxygen atoms in total. The quantitative estimate of drug-likeness (QED) is 0.594. The molecule has 0 fully saturated rings. The first-order valence-electron chi connectivity index (χ1n) is 9.04. The van der Waals surface area contributed by atoms with E-state index in [0.717, 1.165) is 11.1 Å². The van der Waals surface area contributed by atoms with Gasteiger partial charge in [-0.3, -0.25) is 9.59 Å². The Morgan fingerprint density at radius 1 is 1.14 bits per heavy atom. The van der Waals surface area contributed by atoms with Crippen LogP contribution in [0.25, 0.3) is 5.69 Å². The van der Waals surface area contributed by atoms with Gasteiger partial charge < -0.3 is 10.6 Å². The van der Waals surface area contributed by atoms with Crippen LogP contribution in [0, 0.1) is 6.92 Å². The molecule has 0 bridgehead atoms. The Hall–Kier alpha value is -2.83. The van der Waals surface area contributed by atoms with Crippen molar-refractivity contribution >= 4 is 34.8 Å². The van der Waals surface area contributed by atoms with Gasteiger partial charge in [-0.05, 0) is 30.2 Å². The topological polar surface area (TPSA) is 76.0 Å². The molecule has 2 N–H and O–H groups in total. The van der Waals surface area contributed by atoms with E-state index in [9.17, 15) is 9.59 Å². The average Bonchev–Trinajstić information content (AvgIpc) is 2.72. The fourth-order valence-corrected chi connectivity index (χ4v) is 3.02. The van der Waals surface area contributed by atoms with Gasteiger partial charge in [0.05, 0.1) is 17.6 Å². The van der Waals surface area contributed by atoms with E-state index in [1.807, 2.05) is 37.3 Å². The molecule has 0 saturated carbocycles. The van der Waals surface area contributed by atoms with Crippen LogP contribution >= 0.6 is 23.2 Å². The SMILES string of the molecule is Cc1ccc(-n2ncc(NCCC(=O)NCc3ccccc3)c(Cl)c2=O)cc1Cl. The van der Waals surface area contributed by atoms with Gasteiger partial charge >= 0.3 is 0 Å². The van der Waals surface area contributed by atoms with Crippen molar-refractivity contribution in [2.75, 3.05) is 11.9 Å². The molecule has 0 aliphatic rings. The predicted molar refractivity (Wildman–Crippen MR) is 116 cm³/mol. The number of amides is 1. The van der Waals surface area contributed by atoms with E-state index in [-0.39, 0.29) is 17.4 Å². The van der Waals surface area contributed by atoms with Gasteiger partial charge in [-0.15, -0.1) is 0 Å². The molecule has 3 rings (SSSR count). The molecular weight excluding hydrogens is 411 g/mol. The second-order valence-corrected chi connectivity index (χ2v) is 7.25. The van der Waals surface area contributed by atoms with Gasteiger partial charge in [0.1, 0.15) is 5.02 Å². The molecule has 2 aromatic carbocycles. The summed E-state index contributed by atoms with van der Waals surface area (Å²) in [6.07, 6.45) is 1.69. The zero-order chi connectivity index (χ0) is 20.8. The molecule has 8 heteroatoms. The zero-order valence-electron chi connectivity index (χ0n) is 15.8. The van der Waals surface area contributed by atoms with E-state index < -0.39 is 5.56 Å². The second-order valence-electron chi connectivity index (χ2n) is 6.46. The number of rotatable bonds is 7. The number of hydrogen-bond acceptors (Lipinski definition) is 4. The zero-order valence-corrected chi connectivity index (χ0v) is 17.3. The molecular formula is C21H20Cl2N4O2. The summed E-state index contributed by atoms with van der Waals surface area (Å²) in [6.45, 7) is 2.66. The van der Waals surface area contributed by atoms with Gasteiger partial charge in [0, 0.05) is 24.5 Å². The van der Waals surface area contributed by atoms with Crippen molar-refractivity contribution < 1.29 is 4.79 Å². The van der Waals surface area contributed by atoms with Crippen molar-refractivity contribution in [1.29, 1.82) is 0 Å². The van der Waals surface area contributed by atoms with Crippen molar-refractivity contribution in [2.24, 2.45) is 0 Å². The van der Waals surface area contributed by atoms with Crippen molar-refractivity contribution in [3.05, 3.63) is 86.3 Å². The Kier molecular flexibility index (Phi) is 6.90. The number of hydrogen-bond donors (Lipinski definition) is 2. The molecule has 150 valence electrons. The third-order valence-electron chi connectivity index (χ3n) is 4.32. The minimum absolute atomic E-state index is 0.00129. The van der Waals surface area contributed by atoms with Gasteiger partial charge in [-0.1, -0.05) is 59.6 Å². The predicted octanol–water partition coefficient (Wildman–Crippen LogP) is 3.97. The van der Waals surface area contributed by atoms with Crippen LogP contribution in [-0.2, 0) is 11.3 Å². The second kappa shape index (κ2) is 9.58. The summed E-state index contributed by atoms with van der Waals surface area (Å²) in [6, 6.07) is 14.9. The smallest absolute Gasteiger partial charge is 0.292 e. The van der Waals surface area contributed by atoms with E-state index in [0.29, 0.717) is 29.5 Å². The molecule has 0 radical (unpaired) electrons. The highest BCUT2D eigenvalue weighted by atomic mass is 35.5. The largest absolute Gasteiger partial charge is 0.382 e. The summed E-state index contributed by atoms with van der Waals surface area (Å²) in [4.78, 5) is 24.5. The number of anilines is 1. The van der Waals surface area contributed by atoms with Crippen LogP contribution in [0.2, 0.25) is 10.0 Å². The molecule has 0 atom stereocenters. The van der Waals surface area contributed by atoms with Crippen LogP contribution in [-0.4, -0.2) is 22.2 Å². The van der Waals surface area contributed by atoms with Crippen LogP contribution in [0.4, 0.5) is 5.69 Å². The van der Waals surface area contributed by atoms with E-state index in [1.54, 1.807) is 18.2 Å². The number of carbonyl (C=O) groups is 1. The van der Waals surface area contributed by atoms with Crippen molar-refractivity contribution in [2.45, 2.75) is 19.9 Å². The first-order valence-corrected chi connectivity index (χ1v) is 9.80. The number of nitrogens with one attached hydrogen (secondary N) is 2. The maximum absolute atomic E-state index is 12.5. The summed E-state index contributed by atoms with van der Waals surface area (Å²) >= 11 is 12.3. The number of aromatic nitrogens is 2. The number of carbonyl (C=O) groups excluding carboxylic acids is 1. The van der Waals surface area contributed by atoms with Crippen molar-refractivity contribution in [1.82, 2.24) is 15.1 Å². The fourth-order valence-electron chi connectivity index (χ4n) is 2.65. The van der Waals surface area contributed by atoms with Crippen LogP contribution in [0.1, 0.15) is 17.5 Å². The Bertz CT molecular complexity index is 1070. The fraction of sp³-hybridized carbons (Fsp3) is 0.190.